The van der Waals surface area contributed by atoms with Gasteiger partial charge in [-0.2, -0.15) is 0 Å². The molecule has 28 heavy (non-hydrogen) atoms. The van der Waals surface area contributed by atoms with Gasteiger partial charge in [-0.3, -0.25) is 0 Å². The highest BCUT2D eigenvalue weighted by Crippen LogP contribution is 2.31. The number of aryl methyl sites for hydroxylation is 1. The molecule has 0 radical (unpaired) electrons. The molecule has 142 valence electrons. The van der Waals surface area contributed by atoms with Crippen LogP contribution < -0.4 is 10.1 Å². The third kappa shape index (κ3) is 3.51. The zero-order valence-electron chi connectivity index (χ0n) is 16.5. The largest absolute Gasteiger partial charge is 0.496 e. The number of nitrogens with one attached hydrogen (secondary N) is 1. The predicted molar refractivity (Wildman–Crippen MR) is 114 cm³/mol. The molecule has 4 nitrogen and oxygen atoms in total. The van der Waals surface area contributed by atoms with Gasteiger partial charge < -0.3 is 14.6 Å². The summed E-state index contributed by atoms with van der Waals surface area (Å²) < 4.78 is 7.57. The Labute approximate surface area is 165 Å². The molecule has 1 N–H and O–H groups in total. The zero-order chi connectivity index (χ0) is 19.5. The molecule has 4 heteroatoms. The summed E-state index contributed by atoms with van der Waals surface area (Å²) in [6.45, 7) is 2.99. The average Bonchev–Trinajstić information content (AvgIpc) is 3.17. The number of hydrogen-bond donors (Lipinski definition) is 1. The smallest absolute Gasteiger partial charge is 0.128 e. The van der Waals surface area contributed by atoms with Crippen molar-refractivity contribution in [3.8, 4) is 17.0 Å². The molecule has 0 spiro atoms. The monoisotopic (exact) mass is 371 g/mol. The molecule has 0 fully saturated rings. The Morgan fingerprint density at radius 3 is 2.68 bits per heavy atom. The summed E-state index contributed by atoms with van der Waals surface area (Å²) in [6.07, 6.45) is 3.68. The van der Waals surface area contributed by atoms with Crippen molar-refractivity contribution < 1.29 is 4.74 Å². The molecule has 3 aromatic carbocycles. The van der Waals surface area contributed by atoms with Gasteiger partial charge in [0.25, 0.3) is 0 Å². The highest BCUT2D eigenvalue weighted by Gasteiger charge is 2.12. The minimum Gasteiger partial charge on any atom is -0.496 e. The Morgan fingerprint density at radius 2 is 1.89 bits per heavy atom. The molecule has 1 atom stereocenters. The first-order chi connectivity index (χ1) is 13.7. The normalized spacial score (nSPS) is 12.2. The number of hydrogen-bond acceptors (Lipinski definition) is 3. The second kappa shape index (κ2) is 7.87. The van der Waals surface area contributed by atoms with Gasteiger partial charge in [0.05, 0.1) is 25.3 Å². The first kappa shape index (κ1) is 18.3. The quantitative estimate of drug-likeness (QED) is 0.512. The number of ether oxygens (including phenoxy) is 1. The summed E-state index contributed by atoms with van der Waals surface area (Å²) >= 11 is 0. The Kier molecular flexibility index (Phi) is 5.13. The SMILES string of the molecule is COc1ccc(CNC(C)c2cccc3ccccc23)cc1-c1cncn1C. The fourth-order valence-electron chi connectivity index (χ4n) is 3.69. The Balaban J connectivity index is 1.57. The van der Waals surface area contributed by atoms with E-state index >= 15 is 0 Å². The van der Waals surface area contributed by atoms with Crippen molar-refractivity contribution in [2.75, 3.05) is 7.11 Å². The maximum Gasteiger partial charge on any atom is 0.128 e. The van der Waals surface area contributed by atoms with Gasteiger partial charge in [-0.25, -0.2) is 4.98 Å². The highest BCUT2D eigenvalue weighted by atomic mass is 16.5. The molecule has 4 aromatic rings. The average molecular weight is 371 g/mol. The molecule has 1 aromatic heterocycles. The van der Waals surface area contributed by atoms with Crippen molar-refractivity contribution in [2.24, 2.45) is 7.05 Å². The molecule has 0 saturated heterocycles. The van der Waals surface area contributed by atoms with Gasteiger partial charge in [-0.05, 0) is 41.0 Å². The second-order valence-electron chi connectivity index (χ2n) is 7.10. The number of methoxy groups -OCH3 is 1. The maximum atomic E-state index is 5.56. The molecule has 4 rings (SSSR count). The summed E-state index contributed by atoms with van der Waals surface area (Å²) in [7, 11) is 3.70. The summed E-state index contributed by atoms with van der Waals surface area (Å²) in [6, 6.07) is 21.6. The van der Waals surface area contributed by atoms with E-state index < -0.39 is 0 Å². The van der Waals surface area contributed by atoms with E-state index in [1.165, 1.54) is 21.9 Å². The van der Waals surface area contributed by atoms with E-state index in [2.05, 4.69) is 71.8 Å². The van der Waals surface area contributed by atoms with Crippen LogP contribution in [0.15, 0.2) is 73.2 Å². The van der Waals surface area contributed by atoms with E-state index in [0.29, 0.717) is 0 Å². The lowest BCUT2D eigenvalue weighted by Gasteiger charge is -2.18. The number of benzene rings is 3. The van der Waals surface area contributed by atoms with Gasteiger partial charge in [0, 0.05) is 25.2 Å². The summed E-state index contributed by atoms with van der Waals surface area (Å²) in [4.78, 5) is 4.24. The van der Waals surface area contributed by atoms with E-state index in [-0.39, 0.29) is 6.04 Å². The maximum absolute atomic E-state index is 5.56. The summed E-state index contributed by atoms with van der Waals surface area (Å²) in [5.41, 5.74) is 4.63. The molecule has 0 amide bonds. The van der Waals surface area contributed by atoms with Crippen molar-refractivity contribution in [3.63, 3.8) is 0 Å². The van der Waals surface area contributed by atoms with Crippen LogP contribution in [0.25, 0.3) is 22.0 Å². The van der Waals surface area contributed by atoms with Crippen molar-refractivity contribution in [1.82, 2.24) is 14.9 Å². The second-order valence-corrected chi connectivity index (χ2v) is 7.10. The van der Waals surface area contributed by atoms with Crippen LogP contribution in [0.4, 0.5) is 0 Å². The standard InChI is InChI=1S/C24H25N3O/c1-17(20-10-6-8-19-7-4-5-9-21(19)20)26-14-18-11-12-24(28-3)22(13-18)23-15-25-16-27(23)2/h4-13,15-17,26H,14H2,1-3H3. The lowest BCUT2D eigenvalue weighted by Crippen LogP contribution is -2.18. The number of nitrogens with zero attached hydrogens (tertiary/aromatic N) is 2. The van der Waals surface area contributed by atoms with E-state index in [9.17, 15) is 0 Å². The van der Waals surface area contributed by atoms with Crippen molar-refractivity contribution in [1.29, 1.82) is 0 Å². The van der Waals surface area contributed by atoms with Crippen molar-refractivity contribution >= 4 is 10.8 Å². The van der Waals surface area contributed by atoms with Gasteiger partial charge in [-0.1, -0.05) is 48.5 Å². The molecule has 1 unspecified atom stereocenters. The number of rotatable bonds is 6. The van der Waals surface area contributed by atoms with Crippen LogP contribution in [0, 0.1) is 0 Å². The van der Waals surface area contributed by atoms with Crippen molar-refractivity contribution in [3.05, 3.63) is 84.3 Å². The fourth-order valence-corrected chi connectivity index (χ4v) is 3.69. The van der Waals surface area contributed by atoms with Crippen LogP contribution in [0.3, 0.4) is 0 Å². The minimum atomic E-state index is 0.244. The third-order valence-electron chi connectivity index (χ3n) is 5.26. The van der Waals surface area contributed by atoms with Gasteiger partial charge >= 0.3 is 0 Å². The Morgan fingerprint density at radius 1 is 1.07 bits per heavy atom. The fraction of sp³-hybridized carbons (Fsp3) is 0.208. The Bertz CT molecular complexity index is 1090. The lowest BCUT2D eigenvalue weighted by atomic mass is 9.99. The highest BCUT2D eigenvalue weighted by molar-refractivity contribution is 5.86. The molecular weight excluding hydrogens is 346 g/mol. The molecule has 1 heterocycles. The van der Waals surface area contributed by atoms with E-state index in [4.69, 9.17) is 4.74 Å². The molecule has 0 bridgehead atoms. The Hall–Kier alpha value is -3.11. The lowest BCUT2D eigenvalue weighted by molar-refractivity contribution is 0.416. The number of aromatic nitrogens is 2. The van der Waals surface area contributed by atoms with Gasteiger partial charge in [0.2, 0.25) is 0 Å². The van der Waals surface area contributed by atoms with Crippen LogP contribution in [0.1, 0.15) is 24.1 Å². The first-order valence-corrected chi connectivity index (χ1v) is 9.52. The number of fused-ring (bicyclic) bond motifs is 1. The predicted octanol–water partition coefficient (Wildman–Crippen LogP) is 5.10. The van der Waals surface area contributed by atoms with Gasteiger partial charge in [0.15, 0.2) is 0 Å². The van der Waals surface area contributed by atoms with Crippen molar-refractivity contribution in [2.45, 2.75) is 19.5 Å². The zero-order valence-corrected chi connectivity index (χ0v) is 16.5. The molecular formula is C24H25N3O. The summed E-state index contributed by atoms with van der Waals surface area (Å²) in [5.74, 6) is 0.856. The van der Waals surface area contributed by atoms with E-state index in [1.807, 2.05) is 30.2 Å². The third-order valence-corrected chi connectivity index (χ3v) is 5.26. The summed E-state index contributed by atoms with van der Waals surface area (Å²) in [5, 5.41) is 6.24. The molecule has 0 aliphatic heterocycles. The van der Waals surface area contributed by atoms with E-state index in [1.54, 1.807) is 7.11 Å². The van der Waals surface area contributed by atoms with Crippen LogP contribution in [-0.4, -0.2) is 16.7 Å². The molecule has 0 aliphatic rings. The minimum absolute atomic E-state index is 0.244. The van der Waals surface area contributed by atoms with Gasteiger partial charge in [-0.15, -0.1) is 0 Å². The van der Waals surface area contributed by atoms with Crippen LogP contribution in [0.5, 0.6) is 5.75 Å². The molecule has 0 saturated carbocycles. The molecule has 0 aliphatic carbocycles. The van der Waals surface area contributed by atoms with Crippen LogP contribution >= 0.6 is 0 Å². The number of imidazole rings is 1. The van der Waals surface area contributed by atoms with Crippen LogP contribution in [-0.2, 0) is 13.6 Å². The van der Waals surface area contributed by atoms with Crippen LogP contribution in [0.2, 0.25) is 0 Å². The van der Waals surface area contributed by atoms with E-state index in [0.717, 1.165) is 23.6 Å². The van der Waals surface area contributed by atoms with Gasteiger partial charge in [0.1, 0.15) is 5.75 Å². The first-order valence-electron chi connectivity index (χ1n) is 9.52. The topological polar surface area (TPSA) is 39.1 Å².